The van der Waals surface area contributed by atoms with Crippen LogP contribution >= 0.6 is 0 Å². The van der Waals surface area contributed by atoms with E-state index in [0.29, 0.717) is 51.7 Å². The third-order valence-corrected chi connectivity index (χ3v) is 7.05. The lowest BCUT2D eigenvalue weighted by atomic mass is 9.75. The molecule has 1 N–H and O–H groups in total. The van der Waals surface area contributed by atoms with E-state index in [0.717, 1.165) is 5.56 Å². The maximum Gasteiger partial charge on any atom is 0.333 e. The van der Waals surface area contributed by atoms with Crippen molar-refractivity contribution < 1.29 is 38.3 Å². The van der Waals surface area contributed by atoms with Crippen LogP contribution < -0.4 is 23.7 Å². The van der Waals surface area contributed by atoms with Crippen molar-refractivity contribution in [3.05, 3.63) is 34.9 Å². The van der Waals surface area contributed by atoms with E-state index in [-0.39, 0.29) is 23.3 Å². The highest BCUT2D eigenvalue weighted by atomic mass is 16.5. The summed E-state index contributed by atoms with van der Waals surface area (Å²) in [4.78, 5) is 13.0. The normalized spacial score (nSPS) is 19.2. The molecule has 0 aliphatic heterocycles. The van der Waals surface area contributed by atoms with E-state index < -0.39 is 12.1 Å². The molecule has 0 bridgehead atoms. The molecule has 8 heteroatoms. The minimum atomic E-state index is -0.660. The summed E-state index contributed by atoms with van der Waals surface area (Å²) in [6.07, 6.45) is 1.64. The Morgan fingerprint density at radius 2 is 1.47 bits per heavy atom. The van der Waals surface area contributed by atoms with Crippen molar-refractivity contribution in [3.8, 4) is 45.6 Å². The molecule has 36 heavy (non-hydrogen) atoms. The predicted molar refractivity (Wildman–Crippen MR) is 137 cm³/mol. The first-order chi connectivity index (χ1) is 17.2. The Hall–Kier alpha value is -3.55. The van der Waals surface area contributed by atoms with Crippen molar-refractivity contribution in [2.24, 2.45) is 11.8 Å². The molecule has 0 fully saturated rings. The third-order valence-electron chi connectivity index (χ3n) is 7.05. The van der Waals surface area contributed by atoms with Crippen molar-refractivity contribution in [2.45, 2.75) is 40.2 Å². The van der Waals surface area contributed by atoms with Crippen LogP contribution in [0, 0.1) is 11.8 Å². The van der Waals surface area contributed by atoms with Gasteiger partial charge < -0.3 is 33.5 Å². The largest absolute Gasteiger partial charge is 0.504 e. The molecule has 0 heterocycles. The fourth-order valence-electron chi connectivity index (χ4n) is 4.74. The van der Waals surface area contributed by atoms with Gasteiger partial charge in [-0.1, -0.05) is 19.9 Å². The molecule has 0 saturated heterocycles. The number of methoxy groups -OCH3 is 5. The number of phenolic OH excluding ortho intramolecular Hbond substituents is 1. The van der Waals surface area contributed by atoms with Crippen molar-refractivity contribution in [1.82, 2.24) is 0 Å². The first-order valence-electron chi connectivity index (χ1n) is 11.8. The topological polar surface area (TPSA) is 92.7 Å². The van der Waals surface area contributed by atoms with E-state index >= 15 is 0 Å². The molecule has 1 aliphatic carbocycles. The first-order valence-corrected chi connectivity index (χ1v) is 11.8. The molecule has 196 valence electrons. The number of ether oxygens (including phenoxy) is 6. The molecule has 2 aromatic rings. The highest BCUT2D eigenvalue weighted by Crippen LogP contribution is 2.57. The predicted octanol–water partition coefficient (Wildman–Crippen LogP) is 5.48. The van der Waals surface area contributed by atoms with Crippen LogP contribution in [0.1, 0.15) is 44.9 Å². The van der Waals surface area contributed by atoms with Gasteiger partial charge in [0.05, 0.1) is 35.5 Å². The summed E-state index contributed by atoms with van der Waals surface area (Å²) in [6, 6.07) is 3.65. The molecule has 2 aromatic carbocycles. The number of carbonyl (C=O) groups is 1. The highest BCUT2D eigenvalue weighted by Gasteiger charge is 2.39. The number of hydrogen-bond donors (Lipinski definition) is 1. The van der Waals surface area contributed by atoms with Crippen molar-refractivity contribution >= 4 is 5.97 Å². The summed E-state index contributed by atoms with van der Waals surface area (Å²) in [7, 11) is 7.56. The van der Waals surface area contributed by atoms with Gasteiger partial charge in [-0.2, -0.15) is 0 Å². The first kappa shape index (κ1) is 27.0. The summed E-state index contributed by atoms with van der Waals surface area (Å²) in [6.45, 7) is 7.65. The Labute approximate surface area is 212 Å². The molecule has 0 amide bonds. The second-order valence-corrected chi connectivity index (χ2v) is 8.94. The molecular formula is C28H36O8. The number of rotatable bonds is 7. The second kappa shape index (κ2) is 11.0. The van der Waals surface area contributed by atoms with E-state index in [4.69, 9.17) is 28.4 Å². The van der Waals surface area contributed by atoms with E-state index in [2.05, 4.69) is 6.92 Å². The zero-order chi connectivity index (χ0) is 26.7. The minimum Gasteiger partial charge on any atom is -0.504 e. The van der Waals surface area contributed by atoms with Gasteiger partial charge in [-0.15, -0.1) is 0 Å². The Kier molecular flexibility index (Phi) is 8.28. The van der Waals surface area contributed by atoms with Crippen LogP contribution in [0.4, 0.5) is 0 Å². The summed E-state index contributed by atoms with van der Waals surface area (Å²) in [5.74, 6) is 1.18. The summed E-state index contributed by atoms with van der Waals surface area (Å²) >= 11 is 0. The van der Waals surface area contributed by atoms with Crippen molar-refractivity contribution in [3.63, 3.8) is 0 Å². The molecule has 3 rings (SSSR count). The van der Waals surface area contributed by atoms with Crippen molar-refractivity contribution in [2.75, 3.05) is 35.5 Å². The fourth-order valence-corrected chi connectivity index (χ4v) is 4.74. The Morgan fingerprint density at radius 3 is 2.00 bits per heavy atom. The van der Waals surface area contributed by atoms with Crippen LogP contribution in [0.5, 0.6) is 34.5 Å². The standard InChI is InChI=1S/C28H36O8/c1-10-14(2)28(30)36-24-16(4)15(3)11-17-12-19(31-5)25(33-7)23(29)21(17)22-18(24)13-20(32-6)26(34-8)27(22)35-9/h10,12-13,15-16,24,29H,11H2,1-9H3/b14-10-/t15-,16-,24+/m1/s1. The van der Waals surface area contributed by atoms with Gasteiger partial charge in [0.2, 0.25) is 11.5 Å². The Morgan fingerprint density at radius 1 is 0.889 bits per heavy atom. The van der Waals surface area contributed by atoms with Gasteiger partial charge in [-0.3, -0.25) is 0 Å². The van der Waals surface area contributed by atoms with Crippen molar-refractivity contribution in [1.29, 1.82) is 0 Å². The Bertz CT molecular complexity index is 1170. The molecule has 0 radical (unpaired) electrons. The lowest BCUT2D eigenvalue weighted by Gasteiger charge is -2.35. The van der Waals surface area contributed by atoms with Gasteiger partial charge in [0, 0.05) is 28.2 Å². The maximum absolute atomic E-state index is 13.0. The average molecular weight is 501 g/mol. The molecule has 0 aromatic heterocycles. The summed E-state index contributed by atoms with van der Waals surface area (Å²) < 4.78 is 34.3. The van der Waals surface area contributed by atoms with Gasteiger partial charge in [-0.05, 0) is 43.9 Å². The van der Waals surface area contributed by atoms with Crippen LogP contribution in [0.2, 0.25) is 0 Å². The van der Waals surface area contributed by atoms with Gasteiger partial charge in [0.15, 0.2) is 23.0 Å². The number of carbonyl (C=O) groups excluding carboxylic acids is 1. The van der Waals surface area contributed by atoms with Gasteiger partial charge in [-0.25, -0.2) is 4.79 Å². The van der Waals surface area contributed by atoms with Crippen LogP contribution in [0.15, 0.2) is 23.8 Å². The smallest absolute Gasteiger partial charge is 0.333 e. The SMILES string of the molecule is C/C=C(/C)C(=O)O[C@@H]1c2cc(OC)c(OC)c(OC)c2-c2c(cc(OC)c(OC)c2O)C[C@@H](C)[C@H]1C. The lowest BCUT2D eigenvalue weighted by molar-refractivity contribution is -0.148. The average Bonchev–Trinajstić information content (AvgIpc) is 2.88. The number of phenols is 1. The summed E-state index contributed by atoms with van der Waals surface area (Å²) in [5, 5.41) is 11.5. The summed E-state index contributed by atoms with van der Waals surface area (Å²) in [5.41, 5.74) is 3.01. The molecular weight excluding hydrogens is 464 g/mol. The number of allylic oxidation sites excluding steroid dienone is 1. The Balaban J connectivity index is 2.51. The maximum atomic E-state index is 13.0. The molecule has 0 unspecified atom stereocenters. The number of benzene rings is 2. The number of aromatic hydroxyl groups is 1. The molecule has 3 atom stereocenters. The monoisotopic (exact) mass is 500 g/mol. The fraction of sp³-hybridized carbons (Fsp3) is 0.464. The lowest BCUT2D eigenvalue weighted by Crippen LogP contribution is -2.27. The van der Waals surface area contributed by atoms with Gasteiger partial charge >= 0.3 is 5.97 Å². The van der Waals surface area contributed by atoms with Crippen LogP contribution in [-0.4, -0.2) is 46.6 Å². The van der Waals surface area contributed by atoms with Gasteiger partial charge in [0.1, 0.15) is 6.10 Å². The minimum absolute atomic E-state index is 0.0669. The molecule has 1 aliphatic rings. The third kappa shape index (κ3) is 4.52. The number of hydrogen-bond acceptors (Lipinski definition) is 8. The molecule has 0 spiro atoms. The zero-order valence-electron chi connectivity index (χ0n) is 22.5. The molecule has 8 nitrogen and oxygen atoms in total. The number of fused-ring (bicyclic) bond motifs is 3. The van der Waals surface area contributed by atoms with E-state index in [1.54, 1.807) is 26.0 Å². The van der Waals surface area contributed by atoms with Gasteiger partial charge in [0.25, 0.3) is 0 Å². The van der Waals surface area contributed by atoms with Crippen LogP contribution in [0.3, 0.4) is 0 Å². The van der Waals surface area contributed by atoms with E-state index in [9.17, 15) is 9.90 Å². The van der Waals surface area contributed by atoms with Crippen LogP contribution in [-0.2, 0) is 16.0 Å². The molecule has 0 saturated carbocycles. The van der Waals surface area contributed by atoms with E-state index in [1.807, 2.05) is 13.0 Å². The number of esters is 1. The quantitative estimate of drug-likeness (QED) is 0.395. The second-order valence-electron chi connectivity index (χ2n) is 8.94. The zero-order valence-corrected chi connectivity index (χ0v) is 22.5. The van der Waals surface area contributed by atoms with Crippen LogP contribution in [0.25, 0.3) is 11.1 Å². The van der Waals surface area contributed by atoms with E-state index in [1.165, 1.54) is 35.5 Å². The highest BCUT2D eigenvalue weighted by molar-refractivity contribution is 5.90.